The Morgan fingerprint density at radius 2 is 2.11 bits per heavy atom. The molecule has 1 aliphatic heterocycles. The average Bonchev–Trinajstić information content (AvgIpc) is 2.22. The summed E-state index contributed by atoms with van der Waals surface area (Å²) in [5, 5.41) is 3.09. The van der Waals surface area contributed by atoms with Crippen LogP contribution < -0.4 is 5.32 Å². The zero-order valence-electron chi connectivity index (χ0n) is 10.6. The summed E-state index contributed by atoms with van der Waals surface area (Å²) in [6.07, 6.45) is -3.87. The summed E-state index contributed by atoms with van der Waals surface area (Å²) in [5.74, 6) is -0.0235. The summed E-state index contributed by atoms with van der Waals surface area (Å²) in [6, 6.07) is 0. The zero-order chi connectivity index (χ0) is 13.8. The quantitative estimate of drug-likeness (QED) is 0.761. The molecule has 1 heterocycles. The number of alkyl halides is 3. The van der Waals surface area contributed by atoms with Crippen LogP contribution in [0, 0.1) is 0 Å². The molecule has 18 heavy (non-hydrogen) atoms. The van der Waals surface area contributed by atoms with Crippen LogP contribution in [0.3, 0.4) is 0 Å². The highest BCUT2D eigenvalue weighted by atomic mass is 19.4. The summed E-state index contributed by atoms with van der Waals surface area (Å²) < 4.78 is 39.9. The van der Waals surface area contributed by atoms with Gasteiger partial charge in [0.1, 0.15) is 6.61 Å². The van der Waals surface area contributed by atoms with E-state index >= 15 is 0 Å². The monoisotopic (exact) mass is 268 g/mol. The molecule has 1 aliphatic rings. The number of amides is 1. The summed E-state index contributed by atoms with van der Waals surface area (Å²) in [7, 11) is 0. The Bertz CT molecular complexity index is 293. The van der Waals surface area contributed by atoms with Crippen molar-refractivity contribution in [2.45, 2.75) is 32.0 Å². The minimum Gasteiger partial charge on any atom is -0.372 e. The Balaban J connectivity index is 2.21. The van der Waals surface area contributed by atoms with Gasteiger partial charge in [0.25, 0.3) is 0 Å². The van der Waals surface area contributed by atoms with E-state index in [1.165, 1.54) is 0 Å². The lowest BCUT2D eigenvalue weighted by Crippen LogP contribution is -2.61. The van der Waals surface area contributed by atoms with Gasteiger partial charge in [-0.1, -0.05) is 0 Å². The largest absolute Gasteiger partial charge is 0.411 e. The van der Waals surface area contributed by atoms with Crippen molar-refractivity contribution in [3.63, 3.8) is 0 Å². The molecule has 0 aromatic carbocycles. The number of ether oxygens (including phenoxy) is 1. The van der Waals surface area contributed by atoms with Crippen molar-refractivity contribution in [3.05, 3.63) is 0 Å². The Hall–Kier alpha value is -0.820. The van der Waals surface area contributed by atoms with E-state index in [0.717, 1.165) is 0 Å². The minimum atomic E-state index is -4.28. The maximum Gasteiger partial charge on any atom is 0.411 e. The summed E-state index contributed by atoms with van der Waals surface area (Å²) in [4.78, 5) is 13.6. The number of nitrogens with one attached hydrogen (secondary N) is 1. The lowest BCUT2D eigenvalue weighted by atomic mass is 10.0. The molecule has 0 spiro atoms. The molecule has 0 unspecified atom stereocenters. The second kappa shape index (κ2) is 5.88. The smallest absolute Gasteiger partial charge is 0.372 e. The van der Waals surface area contributed by atoms with E-state index < -0.39 is 18.3 Å². The van der Waals surface area contributed by atoms with Crippen molar-refractivity contribution in [3.8, 4) is 0 Å². The predicted molar refractivity (Wildman–Crippen MR) is 60.2 cm³/mol. The number of piperazine rings is 1. The van der Waals surface area contributed by atoms with E-state index in [2.05, 4.69) is 10.1 Å². The number of rotatable bonds is 5. The molecule has 7 heteroatoms. The maximum atomic E-state index is 11.9. The third kappa shape index (κ3) is 4.81. The van der Waals surface area contributed by atoms with E-state index in [1.54, 1.807) is 18.7 Å². The first-order chi connectivity index (χ1) is 8.22. The molecular formula is C11H19F3N2O2. The van der Waals surface area contributed by atoms with Gasteiger partial charge in [0, 0.05) is 26.2 Å². The Morgan fingerprint density at radius 3 is 2.72 bits per heavy atom. The van der Waals surface area contributed by atoms with Crippen molar-refractivity contribution >= 4 is 5.91 Å². The molecule has 0 aromatic rings. The van der Waals surface area contributed by atoms with Crippen molar-refractivity contribution in [1.29, 1.82) is 0 Å². The molecule has 0 aliphatic carbocycles. The first-order valence-corrected chi connectivity index (χ1v) is 5.91. The number of hydrogen-bond donors (Lipinski definition) is 1. The molecule has 0 radical (unpaired) electrons. The first-order valence-electron chi connectivity index (χ1n) is 5.91. The first kappa shape index (κ1) is 15.2. The lowest BCUT2D eigenvalue weighted by Gasteiger charge is -2.38. The third-order valence-electron chi connectivity index (χ3n) is 2.75. The molecule has 1 saturated heterocycles. The van der Waals surface area contributed by atoms with Crippen LogP contribution in [-0.2, 0) is 9.53 Å². The topological polar surface area (TPSA) is 41.6 Å². The lowest BCUT2D eigenvalue weighted by molar-refractivity contribution is -0.174. The second-order valence-electron chi connectivity index (χ2n) is 4.87. The molecule has 0 bridgehead atoms. The molecular weight excluding hydrogens is 249 g/mol. The van der Waals surface area contributed by atoms with E-state index in [0.29, 0.717) is 26.1 Å². The molecule has 1 amide bonds. The van der Waals surface area contributed by atoms with Crippen molar-refractivity contribution in [1.82, 2.24) is 10.2 Å². The van der Waals surface area contributed by atoms with Gasteiger partial charge in [-0.25, -0.2) is 0 Å². The highest BCUT2D eigenvalue weighted by Gasteiger charge is 2.34. The molecule has 0 atom stereocenters. The highest BCUT2D eigenvalue weighted by molar-refractivity contribution is 5.86. The SMILES string of the molecule is CC1(C)NCCN(CCCOCC(F)(F)F)C1=O. The number of nitrogens with zero attached hydrogens (tertiary/aromatic N) is 1. The fraction of sp³-hybridized carbons (Fsp3) is 0.909. The van der Waals surface area contributed by atoms with Crippen molar-refractivity contribution in [2.24, 2.45) is 0 Å². The van der Waals surface area contributed by atoms with Crippen LogP contribution >= 0.6 is 0 Å². The normalized spacial score (nSPS) is 20.3. The summed E-state index contributed by atoms with van der Waals surface area (Å²) in [5.41, 5.74) is -0.592. The average molecular weight is 268 g/mol. The van der Waals surface area contributed by atoms with Gasteiger partial charge in [-0.3, -0.25) is 4.79 Å². The van der Waals surface area contributed by atoms with E-state index in [1.807, 2.05) is 0 Å². The Morgan fingerprint density at radius 1 is 1.44 bits per heavy atom. The molecule has 0 aromatic heterocycles. The summed E-state index contributed by atoms with van der Waals surface area (Å²) in [6.45, 7) is 4.08. The van der Waals surface area contributed by atoms with E-state index in [-0.39, 0.29) is 12.5 Å². The van der Waals surface area contributed by atoms with E-state index in [4.69, 9.17) is 0 Å². The second-order valence-corrected chi connectivity index (χ2v) is 4.87. The number of carbonyl (C=O) groups excluding carboxylic acids is 1. The van der Waals surface area contributed by atoms with Crippen LogP contribution in [0.25, 0.3) is 0 Å². The minimum absolute atomic E-state index is 0.0111. The van der Waals surface area contributed by atoms with Gasteiger partial charge in [0.15, 0.2) is 0 Å². The van der Waals surface area contributed by atoms with Crippen molar-refractivity contribution in [2.75, 3.05) is 32.8 Å². The molecule has 106 valence electrons. The third-order valence-corrected chi connectivity index (χ3v) is 2.75. The van der Waals surface area contributed by atoms with Crippen LogP contribution in [-0.4, -0.2) is 55.4 Å². The molecule has 0 saturated carbocycles. The van der Waals surface area contributed by atoms with Gasteiger partial charge in [-0.05, 0) is 20.3 Å². The summed E-state index contributed by atoms with van der Waals surface area (Å²) >= 11 is 0. The Labute approximate surface area is 104 Å². The van der Waals surface area contributed by atoms with Crippen LogP contribution in [0.4, 0.5) is 13.2 Å². The predicted octanol–water partition coefficient (Wildman–Crippen LogP) is 1.17. The van der Waals surface area contributed by atoms with E-state index in [9.17, 15) is 18.0 Å². The van der Waals surface area contributed by atoms with Gasteiger partial charge in [-0.2, -0.15) is 13.2 Å². The highest BCUT2D eigenvalue weighted by Crippen LogP contribution is 2.15. The van der Waals surface area contributed by atoms with Gasteiger partial charge in [0.2, 0.25) is 5.91 Å². The molecule has 4 nitrogen and oxygen atoms in total. The van der Waals surface area contributed by atoms with Gasteiger partial charge >= 0.3 is 6.18 Å². The molecule has 1 fully saturated rings. The Kier molecular flexibility index (Phi) is 4.98. The standard InChI is InChI=1S/C11H19F3N2O2/c1-10(2)9(17)16(6-4-15-10)5-3-7-18-8-11(12,13)14/h15H,3-8H2,1-2H3. The van der Waals surface area contributed by atoms with Crippen LogP contribution in [0.2, 0.25) is 0 Å². The van der Waals surface area contributed by atoms with Gasteiger partial charge in [-0.15, -0.1) is 0 Å². The van der Waals surface area contributed by atoms with Crippen LogP contribution in [0.1, 0.15) is 20.3 Å². The fourth-order valence-electron chi connectivity index (χ4n) is 1.83. The number of hydrogen-bond acceptors (Lipinski definition) is 3. The van der Waals surface area contributed by atoms with Crippen LogP contribution in [0.15, 0.2) is 0 Å². The van der Waals surface area contributed by atoms with Gasteiger partial charge in [0.05, 0.1) is 5.54 Å². The number of carbonyl (C=O) groups is 1. The fourth-order valence-corrected chi connectivity index (χ4v) is 1.83. The molecule has 1 rings (SSSR count). The maximum absolute atomic E-state index is 11.9. The molecule has 1 N–H and O–H groups in total. The number of halogens is 3. The van der Waals surface area contributed by atoms with Gasteiger partial charge < -0.3 is 15.0 Å². The van der Waals surface area contributed by atoms with Crippen molar-refractivity contribution < 1.29 is 22.7 Å². The van der Waals surface area contributed by atoms with Crippen LogP contribution in [0.5, 0.6) is 0 Å². The zero-order valence-corrected chi connectivity index (χ0v) is 10.6.